The first-order chi connectivity index (χ1) is 12.6. The molecule has 26 heavy (non-hydrogen) atoms. The average molecular weight is 355 g/mol. The van der Waals surface area contributed by atoms with Crippen molar-refractivity contribution in [3.63, 3.8) is 0 Å². The molecule has 1 aromatic rings. The molecular formula is C21H29N3O2. The summed E-state index contributed by atoms with van der Waals surface area (Å²) in [6.07, 6.45) is 7.35. The number of fused-ring (bicyclic) bond motifs is 3. The minimum atomic E-state index is 0.0678. The molecule has 1 aliphatic heterocycles. The van der Waals surface area contributed by atoms with Crippen molar-refractivity contribution in [3.05, 3.63) is 29.8 Å². The molecule has 2 bridgehead atoms. The summed E-state index contributed by atoms with van der Waals surface area (Å²) in [4.78, 5) is 26.7. The molecule has 5 heteroatoms. The first kappa shape index (κ1) is 17.5. The van der Waals surface area contributed by atoms with Crippen LogP contribution in [0.5, 0.6) is 0 Å². The van der Waals surface area contributed by atoms with Gasteiger partial charge in [-0.1, -0.05) is 24.6 Å². The van der Waals surface area contributed by atoms with Crippen LogP contribution in [0.1, 0.15) is 50.5 Å². The van der Waals surface area contributed by atoms with E-state index >= 15 is 0 Å². The normalized spacial score (nSPS) is 30.7. The molecule has 4 rings (SSSR count). The van der Waals surface area contributed by atoms with Crippen molar-refractivity contribution in [3.8, 4) is 0 Å². The van der Waals surface area contributed by atoms with Crippen molar-refractivity contribution < 1.29 is 9.59 Å². The van der Waals surface area contributed by atoms with Crippen molar-refractivity contribution in [2.24, 2.45) is 17.6 Å². The third-order valence-corrected chi connectivity index (χ3v) is 6.46. The molecule has 0 saturated heterocycles. The van der Waals surface area contributed by atoms with Crippen molar-refractivity contribution in [1.82, 2.24) is 5.32 Å². The molecule has 0 aromatic heterocycles. The lowest BCUT2D eigenvalue weighted by Crippen LogP contribution is -2.54. The summed E-state index contributed by atoms with van der Waals surface area (Å²) in [6.45, 7) is 0.462. The van der Waals surface area contributed by atoms with E-state index in [1.165, 1.54) is 24.8 Å². The number of carbonyl (C=O) groups excluding carboxylic acids is 2. The van der Waals surface area contributed by atoms with Crippen LogP contribution in [0.3, 0.4) is 0 Å². The van der Waals surface area contributed by atoms with Crippen LogP contribution in [0.4, 0.5) is 5.69 Å². The van der Waals surface area contributed by atoms with Gasteiger partial charge in [0, 0.05) is 37.2 Å². The van der Waals surface area contributed by atoms with Crippen LogP contribution < -0.4 is 16.0 Å². The molecular weight excluding hydrogens is 326 g/mol. The molecule has 140 valence electrons. The minimum Gasteiger partial charge on any atom is -0.353 e. The molecule has 3 N–H and O–H groups in total. The average Bonchev–Trinajstić information content (AvgIpc) is 2.61. The van der Waals surface area contributed by atoms with Gasteiger partial charge in [0.1, 0.15) is 0 Å². The topological polar surface area (TPSA) is 75.4 Å². The largest absolute Gasteiger partial charge is 0.353 e. The van der Waals surface area contributed by atoms with Crippen LogP contribution in [0, 0.1) is 11.8 Å². The van der Waals surface area contributed by atoms with E-state index in [9.17, 15) is 9.59 Å². The van der Waals surface area contributed by atoms with Crippen molar-refractivity contribution in [2.45, 2.75) is 63.5 Å². The maximum Gasteiger partial charge on any atom is 0.227 e. The Labute approximate surface area is 155 Å². The Morgan fingerprint density at radius 2 is 1.88 bits per heavy atom. The number of rotatable bonds is 4. The van der Waals surface area contributed by atoms with E-state index in [0.717, 1.165) is 24.9 Å². The Morgan fingerprint density at radius 1 is 1.15 bits per heavy atom. The van der Waals surface area contributed by atoms with Gasteiger partial charge in [0.2, 0.25) is 11.8 Å². The Kier molecular flexibility index (Phi) is 4.98. The second-order valence-corrected chi connectivity index (χ2v) is 8.20. The standard InChI is InChI=1S/C21H29N3O2/c22-17-12-15-5-3-6-16(13-17)21(15)23-19(25)10-11-24-18-7-2-1-4-14(18)8-9-20(24)26/h1-2,4,7,15-17,21H,3,5-6,8-13,22H2,(H,23,25). The van der Waals surface area contributed by atoms with Gasteiger partial charge < -0.3 is 16.0 Å². The number of nitrogens with zero attached hydrogens (tertiary/aromatic N) is 1. The lowest BCUT2D eigenvalue weighted by Gasteiger charge is -2.45. The van der Waals surface area contributed by atoms with E-state index in [2.05, 4.69) is 11.4 Å². The third kappa shape index (κ3) is 3.50. The summed E-state index contributed by atoms with van der Waals surface area (Å²) in [6, 6.07) is 8.59. The summed E-state index contributed by atoms with van der Waals surface area (Å²) >= 11 is 0. The molecule has 1 aromatic carbocycles. The second-order valence-electron chi connectivity index (χ2n) is 8.20. The highest BCUT2D eigenvalue weighted by atomic mass is 16.2. The number of amides is 2. The molecule has 2 saturated carbocycles. The molecule has 3 aliphatic rings. The predicted octanol–water partition coefficient (Wildman–Crippen LogP) is 2.38. The zero-order valence-electron chi connectivity index (χ0n) is 15.3. The van der Waals surface area contributed by atoms with Gasteiger partial charge in [-0.2, -0.15) is 0 Å². The van der Waals surface area contributed by atoms with E-state index in [-0.39, 0.29) is 17.9 Å². The number of nitrogens with one attached hydrogen (secondary N) is 1. The van der Waals surface area contributed by atoms with Crippen LogP contribution >= 0.6 is 0 Å². The maximum absolute atomic E-state index is 12.6. The van der Waals surface area contributed by atoms with Crippen molar-refractivity contribution in [1.29, 1.82) is 0 Å². The van der Waals surface area contributed by atoms with Crippen LogP contribution in [0.2, 0.25) is 0 Å². The van der Waals surface area contributed by atoms with Gasteiger partial charge in [-0.25, -0.2) is 0 Å². The quantitative estimate of drug-likeness (QED) is 0.871. The lowest BCUT2D eigenvalue weighted by atomic mass is 9.67. The third-order valence-electron chi connectivity index (χ3n) is 6.46. The number of anilines is 1. The lowest BCUT2D eigenvalue weighted by molar-refractivity contribution is -0.123. The van der Waals surface area contributed by atoms with E-state index in [0.29, 0.717) is 37.3 Å². The highest BCUT2D eigenvalue weighted by Gasteiger charge is 2.39. The van der Waals surface area contributed by atoms with Gasteiger partial charge in [-0.05, 0) is 55.6 Å². The fraction of sp³-hybridized carbons (Fsp3) is 0.619. The Hall–Kier alpha value is -1.88. The van der Waals surface area contributed by atoms with Gasteiger partial charge in [0.15, 0.2) is 0 Å². The zero-order chi connectivity index (χ0) is 18.1. The number of hydrogen-bond donors (Lipinski definition) is 2. The molecule has 0 radical (unpaired) electrons. The number of hydrogen-bond acceptors (Lipinski definition) is 3. The van der Waals surface area contributed by atoms with Crippen molar-refractivity contribution in [2.75, 3.05) is 11.4 Å². The first-order valence-electron chi connectivity index (χ1n) is 10.0. The highest BCUT2D eigenvalue weighted by Crippen LogP contribution is 2.39. The van der Waals surface area contributed by atoms with Gasteiger partial charge in [0.25, 0.3) is 0 Å². The van der Waals surface area contributed by atoms with Crippen LogP contribution in [-0.4, -0.2) is 30.4 Å². The second kappa shape index (κ2) is 7.39. The number of aryl methyl sites for hydroxylation is 1. The SMILES string of the molecule is NC1CC2CCCC(C1)C2NC(=O)CCN1C(=O)CCc2ccccc21. The monoisotopic (exact) mass is 355 g/mol. The highest BCUT2D eigenvalue weighted by molar-refractivity contribution is 5.97. The first-order valence-corrected chi connectivity index (χ1v) is 10.0. The molecule has 2 fully saturated rings. The summed E-state index contributed by atoms with van der Waals surface area (Å²) in [7, 11) is 0. The van der Waals surface area contributed by atoms with Gasteiger partial charge in [0.05, 0.1) is 0 Å². The fourth-order valence-electron chi connectivity index (χ4n) is 5.24. The molecule has 2 amide bonds. The van der Waals surface area contributed by atoms with E-state index in [4.69, 9.17) is 5.73 Å². The van der Waals surface area contributed by atoms with E-state index in [1.54, 1.807) is 4.90 Å². The minimum absolute atomic E-state index is 0.0678. The fourth-order valence-corrected chi connectivity index (χ4v) is 5.24. The van der Waals surface area contributed by atoms with Gasteiger partial charge in [-0.15, -0.1) is 0 Å². The molecule has 2 atom stereocenters. The number of carbonyl (C=O) groups is 2. The predicted molar refractivity (Wildman–Crippen MR) is 102 cm³/mol. The van der Waals surface area contributed by atoms with Crippen molar-refractivity contribution >= 4 is 17.5 Å². The zero-order valence-corrected chi connectivity index (χ0v) is 15.3. The molecule has 0 spiro atoms. The Bertz CT molecular complexity index is 676. The molecule has 5 nitrogen and oxygen atoms in total. The number of para-hydroxylation sites is 1. The molecule has 1 heterocycles. The Morgan fingerprint density at radius 3 is 2.65 bits per heavy atom. The number of nitrogens with two attached hydrogens (primary N) is 1. The maximum atomic E-state index is 12.6. The summed E-state index contributed by atoms with van der Waals surface area (Å²) in [5.74, 6) is 1.24. The summed E-state index contributed by atoms with van der Waals surface area (Å²) in [5, 5.41) is 3.29. The van der Waals surface area contributed by atoms with Crippen LogP contribution in [0.15, 0.2) is 24.3 Å². The van der Waals surface area contributed by atoms with Crippen LogP contribution in [-0.2, 0) is 16.0 Å². The van der Waals surface area contributed by atoms with E-state index < -0.39 is 0 Å². The number of benzene rings is 1. The van der Waals surface area contributed by atoms with Gasteiger partial charge in [-0.3, -0.25) is 9.59 Å². The van der Waals surface area contributed by atoms with Crippen LogP contribution in [0.25, 0.3) is 0 Å². The Balaban J connectivity index is 1.37. The van der Waals surface area contributed by atoms with E-state index in [1.807, 2.05) is 18.2 Å². The summed E-state index contributed by atoms with van der Waals surface area (Å²) < 4.78 is 0. The molecule has 2 aliphatic carbocycles. The smallest absolute Gasteiger partial charge is 0.227 e. The molecule has 2 unspecified atom stereocenters. The van der Waals surface area contributed by atoms with Gasteiger partial charge >= 0.3 is 0 Å². The summed E-state index contributed by atoms with van der Waals surface area (Å²) in [5.41, 5.74) is 8.34.